The van der Waals surface area contributed by atoms with Crippen molar-refractivity contribution in [3.63, 3.8) is 0 Å². The Bertz CT molecular complexity index is 371. The van der Waals surface area contributed by atoms with Crippen LogP contribution in [-0.2, 0) is 0 Å². The van der Waals surface area contributed by atoms with E-state index in [0.717, 1.165) is 0 Å². The monoisotopic (exact) mass is 229 g/mol. The fourth-order valence-electron chi connectivity index (χ4n) is 0.883. The number of nitrogens with zero attached hydrogens (tertiary/aromatic N) is 1. The Hall–Kier alpha value is -1.36. The number of halogens is 1. The van der Waals surface area contributed by atoms with Gasteiger partial charge in [-0.15, -0.1) is 11.6 Å². The van der Waals surface area contributed by atoms with E-state index in [-0.39, 0.29) is 23.1 Å². The lowest BCUT2D eigenvalue weighted by Crippen LogP contribution is -2.30. The van der Waals surface area contributed by atoms with Crippen molar-refractivity contribution in [1.29, 1.82) is 0 Å². The molecule has 0 spiro atoms. The lowest BCUT2D eigenvalue weighted by molar-refractivity contribution is 0.0943. The number of nitrogens with one attached hydrogen (secondary N) is 2. The summed E-state index contributed by atoms with van der Waals surface area (Å²) in [4.78, 5) is 22.1. The van der Waals surface area contributed by atoms with Crippen molar-refractivity contribution in [2.45, 2.75) is 6.92 Å². The van der Waals surface area contributed by atoms with Crippen LogP contribution in [0.4, 0.5) is 0 Å². The Morgan fingerprint density at radius 3 is 2.93 bits per heavy atom. The van der Waals surface area contributed by atoms with Crippen LogP contribution in [0.3, 0.4) is 0 Å². The highest BCUT2D eigenvalue weighted by Gasteiger charge is 2.08. The predicted octanol–water partition coefficient (Wildman–Crippen LogP) is 0.375. The van der Waals surface area contributed by atoms with Crippen molar-refractivity contribution < 1.29 is 4.79 Å². The van der Waals surface area contributed by atoms with Crippen LogP contribution < -0.4 is 10.9 Å². The van der Waals surface area contributed by atoms with Crippen LogP contribution >= 0.6 is 11.6 Å². The number of hydrogen-bond donors (Lipinski definition) is 2. The SMILES string of the molecule is CC(CCl)CNC(=O)c1ccc(=O)[nH]n1. The van der Waals surface area contributed by atoms with Crippen LogP contribution in [0.1, 0.15) is 17.4 Å². The zero-order chi connectivity index (χ0) is 11.3. The Morgan fingerprint density at radius 2 is 2.40 bits per heavy atom. The number of amides is 1. The third kappa shape index (κ3) is 3.71. The van der Waals surface area contributed by atoms with Gasteiger partial charge < -0.3 is 5.32 Å². The molecule has 0 aliphatic carbocycles. The van der Waals surface area contributed by atoms with Gasteiger partial charge in [0, 0.05) is 18.5 Å². The standard InChI is InChI=1S/C9H12ClN3O2/c1-6(4-10)5-11-9(15)7-2-3-8(14)13-12-7/h2-3,6H,4-5H2,1H3,(H,11,15)(H,13,14). The molecule has 1 heterocycles. The summed E-state index contributed by atoms with van der Waals surface area (Å²) < 4.78 is 0. The van der Waals surface area contributed by atoms with Crippen LogP contribution in [0.15, 0.2) is 16.9 Å². The van der Waals surface area contributed by atoms with Crippen LogP contribution in [0, 0.1) is 5.92 Å². The fourth-order valence-corrected chi connectivity index (χ4v) is 0.992. The number of H-pyrrole nitrogens is 1. The van der Waals surface area contributed by atoms with Crippen LogP contribution in [0.5, 0.6) is 0 Å². The van der Waals surface area contributed by atoms with Gasteiger partial charge >= 0.3 is 0 Å². The molecule has 0 fully saturated rings. The minimum Gasteiger partial charge on any atom is -0.350 e. The first-order chi connectivity index (χ1) is 7.13. The number of aromatic nitrogens is 2. The second-order valence-electron chi connectivity index (χ2n) is 3.28. The van der Waals surface area contributed by atoms with Gasteiger partial charge in [-0.05, 0) is 12.0 Å². The van der Waals surface area contributed by atoms with E-state index in [1.54, 1.807) is 0 Å². The summed E-state index contributed by atoms with van der Waals surface area (Å²) in [6, 6.07) is 2.63. The summed E-state index contributed by atoms with van der Waals surface area (Å²) in [6.45, 7) is 2.41. The molecule has 1 unspecified atom stereocenters. The van der Waals surface area contributed by atoms with Gasteiger partial charge in [0.25, 0.3) is 11.5 Å². The third-order valence-electron chi connectivity index (χ3n) is 1.79. The maximum Gasteiger partial charge on any atom is 0.271 e. The molecule has 0 aliphatic rings. The Morgan fingerprint density at radius 1 is 1.67 bits per heavy atom. The number of aromatic amines is 1. The molecule has 0 aliphatic heterocycles. The molecule has 2 N–H and O–H groups in total. The maximum atomic E-state index is 11.4. The van der Waals surface area contributed by atoms with E-state index in [1.165, 1.54) is 12.1 Å². The van der Waals surface area contributed by atoms with Crippen molar-refractivity contribution in [1.82, 2.24) is 15.5 Å². The maximum absolute atomic E-state index is 11.4. The molecule has 0 bridgehead atoms. The average Bonchev–Trinajstić information content (AvgIpc) is 2.26. The lowest BCUT2D eigenvalue weighted by atomic mass is 10.2. The molecule has 82 valence electrons. The van der Waals surface area contributed by atoms with E-state index >= 15 is 0 Å². The van der Waals surface area contributed by atoms with E-state index in [9.17, 15) is 9.59 Å². The molecule has 0 radical (unpaired) electrons. The molecule has 1 rings (SSSR count). The third-order valence-corrected chi connectivity index (χ3v) is 2.31. The van der Waals surface area contributed by atoms with Gasteiger partial charge in [-0.3, -0.25) is 9.59 Å². The molecule has 1 aromatic rings. The van der Waals surface area contributed by atoms with Gasteiger partial charge in [-0.1, -0.05) is 6.92 Å². The summed E-state index contributed by atoms with van der Waals surface area (Å²) in [7, 11) is 0. The van der Waals surface area contributed by atoms with Gasteiger partial charge in [0.05, 0.1) is 0 Å². The smallest absolute Gasteiger partial charge is 0.271 e. The van der Waals surface area contributed by atoms with Crippen molar-refractivity contribution >= 4 is 17.5 Å². The van der Waals surface area contributed by atoms with Crippen molar-refractivity contribution in [2.75, 3.05) is 12.4 Å². The second kappa shape index (κ2) is 5.50. The minimum atomic E-state index is -0.333. The van der Waals surface area contributed by atoms with Gasteiger partial charge in [0.15, 0.2) is 0 Å². The quantitative estimate of drug-likeness (QED) is 0.733. The highest BCUT2D eigenvalue weighted by Crippen LogP contribution is 1.96. The number of carbonyl (C=O) groups excluding carboxylic acids is 1. The van der Waals surface area contributed by atoms with Gasteiger partial charge in [0.2, 0.25) is 0 Å². The first kappa shape index (κ1) is 11.7. The number of hydrogen-bond acceptors (Lipinski definition) is 3. The first-order valence-electron chi connectivity index (χ1n) is 4.53. The minimum absolute atomic E-state index is 0.191. The van der Waals surface area contributed by atoms with Crippen molar-refractivity contribution in [2.24, 2.45) is 5.92 Å². The molecule has 5 nitrogen and oxygen atoms in total. The number of alkyl halides is 1. The lowest BCUT2D eigenvalue weighted by Gasteiger charge is -2.08. The summed E-state index contributed by atoms with van der Waals surface area (Å²) in [5, 5.41) is 8.45. The van der Waals surface area contributed by atoms with E-state index in [4.69, 9.17) is 11.6 Å². The van der Waals surface area contributed by atoms with Crippen LogP contribution in [0.25, 0.3) is 0 Å². The predicted molar refractivity (Wildman–Crippen MR) is 57.1 cm³/mol. The molecular weight excluding hydrogens is 218 g/mol. The zero-order valence-corrected chi connectivity index (χ0v) is 9.04. The van der Waals surface area contributed by atoms with E-state index < -0.39 is 0 Å². The number of carbonyl (C=O) groups is 1. The highest BCUT2D eigenvalue weighted by atomic mass is 35.5. The molecule has 1 aromatic heterocycles. The molecule has 1 atom stereocenters. The summed E-state index contributed by atoms with van der Waals surface area (Å²) in [6.07, 6.45) is 0. The molecule has 0 aromatic carbocycles. The normalized spacial score (nSPS) is 12.1. The molecule has 1 amide bonds. The van der Waals surface area contributed by atoms with Gasteiger partial charge in [-0.2, -0.15) is 5.10 Å². The highest BCUT2D eigenvalue weighted by molar-refractivity contribution is 6.18. The van der Waals surface area contributed by atoms with E-state index in [1.807, 2.05) is 6.92 Å². The van der Waals surface area contributed by atoms with E-state index in [0.29, 0.717) is 12.4 Å². The second-order valence-corrected chi connectivity index (χ2v) is 3.58. The average molecular weight is 230 g/mol. The molecule has 0 saturated carbocycles. The Balaban J connectivity index is 2.54. The zero-order valence-electron chi connectivity index (χ0n) is 8.29. The summed E-state index contributed by atoms with van der Waals surface area (Å²) in [5.41, 5.74) is -0.142. The first-order valence-corrected chi connectivity index (χ1v) is 5.07. The summed E-state index contributed by atoms with van der Waals surface area (Å²) >= 11 is 5.59. The molecular formula is C9H12ClN3O2. The van der Waals surface area contributed by atoms with Crippen LogP contribution in [-0.4, -0.2) is 28.5 Å². The Labute approximate surface area is 91.8 Å². The van der Waals surface area contributed by atoms with Crippen LogP contribution in [0.2, 0.25) is 0 Å². The topological polar surface area (TPSA) is 74.8 Å². The summed E-state index contributed by atoms with van der Waals surface area (Å²) in [5.74, 6) is 0.376. The van der Waals surface area contributed by atoms with Crippen molar-refractivity contribution in [3.05, 3.63) is 28.2 Å². The van der Waals surface area contributed by atoms with E-state index in [2.05, 4.69) is 15.5 Å². The fraction of sp³-hybridized carbons (Fsp3) is 0.444. The Kier molecular flexibility index (Phi) is 4.30. The molecule has 6 heteroatoms. The molecule has 15 heavy (non-hydrogen) atoms. The molecule has 0 saturated heterocycles. The largest absolute Gasteiger partial charge is 0.350 e. The van der Waals surface area contributed by atoms with Gasteiger partial charge in [-0.25, -0.2) is 5.10 Å². The van der Waals surface area contributed by atoms with Gasteiger partial charge in [0.1, 0.15) is 5.69 Å². The van der Waals surface area contributed by atoms with Crippen molar-refractivity contribution in [3.8, 4) is 0 Å². The number of rotatable bonds is 4.